The molecule has 100 valence electrons. The van der Waals surface area contributed by atoms with Crippen LogP contribution in [0.1, 0.15) is 30.0 Å². The number of anilines is 1. The maximum atomic E-state index is 5.76. The first-order valence-electron chi connectivity index (χ1n) is 6.92. The lowest BCUT2D eigenvalue weighted by molar-refractivity contribution is 0.628. The second-order valence-corrected chi connectivity index (χ2v) is 4.98. The van der Waals surface area contributed by atoms with Crippen LogP contribution in [0, 0.1) is 0 Å². The van der Waals surface area contributed by atoms with Crippen molar-refractivity contribution in [3.8, 4) is 0 Å². The predicted molar refractivity (Wildman–Crippen MR) is 77.3 cm³/mol. The third-order valence-corrected chi connectivity index (χ3v) is 3.81. The molecule has 0 bridgehead atoms. The number of imidazole rings is 1. The summed E-state index contributed by atoms with van der Waals surface area (Å²) >= 11 is 0. The Morgan fingerprint density at radius 3 is 3.00 bits per heavy atom. The van der Waals surface area contributed by atoms with E-state index in [2.05, 4.69) is 46.1 Å². The molecule has 0 fully saturated rings. The number of rotatable bonds is 4. The second-order valence-electron chi connectivity index (χ2n) is 4.98. The van der Waals surface area contributed by atoms with E-state index in [1.165, 1.54) is 16.9 Å². The zero-order chi connectivity index (χ0) is 13.2. The molecular weight excluding hydrogens is 236 g/mol. The van der Waals surface area contributed by atoms with E-state index >= 15 is 0 Å². The van der Waals surface area contributed by atoms with Crippen molar-refractivity contribution in [2.75, 3.05) is 18.0 Å². The van der Waals surface area contributed by atoms with Gasteiger partial charge in [0.1, 0.15) is 5.82 Å². The molecule has 0 aliphatic carbocycles. The van der Waals surface area contributed by atoms with Crippen LogP contribution in [0.25, 0.3) is 0 Å². The van der Waals surface area contributed by atoms with Gasteiger partial charge in [-0.25, -0.2) is 4.98 Å². The van der Waals surface area contributed by atoms with E-state index in [4.69, 9.17) is 5.73 Å². The molecule has 1 aliphatic rings. The quantitative estimate of drug-likeness (QED) is 0.880. The van der Waals surface area contributed by atoms with Gasteiger partial charge in [0.2, 0.25) is 0 Å². The Hall–Kier alpha value is -1.81. The van der Waals surface area contributed by atoms with Gasteiger partial charge in [0.25, 0.3) is 0 Å². The van der Waals surface area contributed by atoms with Crippen molar-refractivity contribution < 1.29 is 0 Å². The number of aromatic nitrogens is 2. The minimum Gasteiger partial charge on any atom is -0.360 e. The molecule has 4 nitrogen and oxygen atoms in total. The van der Waals surface area contributed by atoms with Crippen LogP contribution < -0.4 is 10.6 Å². The Morgan fingerprint density at radius 1 is 1.42 bits per heavy atom. The topological polar surface area (TPSA) is 57.9 Å². The molecule has 3 rings (SSSR count). The molecule has 19 heavy (non-hydrogen) atoms. The number of hydrogen-bond acceptors (Lipinski definition) is 3. The molecule has 2 aromatic rings. The molecule has 3 N–H and O–H groups in total. The van der Waals surface area contributed by atoms with E-state index in [-0.39, 0.29) is 0 Å². The zero-order valence-electron chi connectivity index (χ0n) is 11.3. The molecule has 0 saturated carbocycles. The van der Waals surface area contributed by atoms with Crippen LogP contribution in [-0.4, -0.2) is 23.1 Å². The van der Waals surface area contributed by atoms with Gasteiger partial charge in [-0.2, -0.15) is 0 Å². The molecule has 1 aromatic carbocycles. The predicted octanol–water partition coefficient (Wildman–Crippen LogP) is 2.03. The summed E-state index contributed by atoms with van der Waals surface area (Å²) in [6.45, 7) is 3.66. The Bertz CT molecular complexity index is 561. The van der Waals surface area contributed by atoms with Gasteiger partial charge >= 0.3 is 0 Å². The average Bonchev–Trinajstić information content (AvgIpc) is 3.04. The smallest absolute Gasteiger partial charge is 0.129 e. The van der Waals surface area contributed by atoms with Crippen molar-refractivity contribution in [1.29, 1.82) is 0 Å². The lowest BCUT2D eigenvalue weighted by Crippen LogP contribution is -2.31. The first-order valence-corrected chi connectivity index (χ1v) is 6.92. The highest BCUT2D eigenvalue weighted by Crippen LogP contribution is 2.38. The van der Waals surface area contributed by atoms with E-state index in [1.807, 2.05) is 6.20 Å². The summed E-state index contributed by atoms with van der Waals surface area (Å²) in [5.74, 6) is 1.06. The molecular formula is C15H20N4. The van der Waals surface area contributed by atoms with Crippen LogP contribution in [0.15, 0.2) is 30.5 Å². The highest BCUT2D eigenvalue weighted by atomic mass is 15.2. The van der Waals surface area contributed by atoms with Crippen molar-refractivity contribution in [3.63, 3.8) is 0 Å². The molecule has 0 amide bonds. The number of hydrogen-bond donors (Lipinski definition) is 2. The number of nitrogens with two attached hydrogens (primary N) is 1. The SMILES string of the molecule is CCc1cnc(C2Cc3ccccc3N2CCN)[nH]1. The van der Waals surface area contributed by atoms with Crippen LogP contribution in [0.2, 0.25) is 0 Å². The van der Waals surface area contributed by atoms with Gasteiger partial charge in [0, 0.05) is 37.1 Å². The molecule has 1 unspecified atom stereocenters. The van der Waals surface area contributed by atoms with Gasteiger partial charge in [-0.05, 0) is 18.1 Å². The van der Waals surface area contributed by atoms with E-state index in [1.54, 1.807) is 0 Å². The molecule has 0 radical (unpaired) electrons. The summed E-state index contributed by atoms with van der Waals surface area (Å²) in [5, 5.41) is 0. The number of para-hydroxylation sites is 1. The summed E-state index contributed by atoms with van der Waals surface area (Å²) < 4.78 is 0. The fourth-order valence-electron chi connectivity index (χ4n) is 2.84. The summed E-state index contributed by atoms with van der Waals surface area (Å²) in [5.41, 5.74) is 9.64. The summed E-state index contributed by atoms with van der Waals surface area (Å²) in [7, 11) is 0. The largest absolute Gasteiger partial charge is 0.360 e. The van der Waals surface area contributed by atoms with Gasteiger partial charge in [0.05, 0.1) is 6.04 Å². The van der Waals surface area contributed by atoms with Crippen molar-refractivity contribution in [2.24, 2.45) is 5.73 Å². The lowest BCUT2D eigenvalue weighted by atomic mass is 10.1. The van der Waals surface area contributed by atoms with Crippen molar-refractivity contribution >= 4 is 5.69 Å². The van der Waals surface area contributed by atoms with Crippen LogP contribution >= 0.6 is 0 Å². The fraction of sp³-hybridized carbons (Fsp3) is 0.400. The van der Waals surface area contributed by atoms with Crippen LogP contribution in [-0.2, 0) is 12.8 Å². The molecule has 4 heteroatoms. The Balaban J connectivity index is 1.94. The Kier molecular flexibility index (Phi) is 3.25. The third kappa shape index (κ3) is 2.12. The van der Waals surface area contributed by atoms with Gasteiger partial charge in [0.15, 0.2) is 0 Å². The Morgan fingerprint density at radius 2 is 2.26 bits per heavy atom. The molecule has 2 heterocycles. The highest BCUT2D eigenvalue weighted by molar-refractivity contribution is 5.60. The number of aromatic amines is 1. The number of nitrogens with one attached hydrogen (secondary N) is 1. The number of aryl methyl sites for hydroxylation is 1. The lowest BCUT2D eigenvalue weighted by Gasteiger charge is -2.25. The number of nitrogens with zero attached hydrogens (tertiary/aromatic N) is 2. The van der Waals surface area contributed by atoms with Gasteiger partial charge in [-0.15, -0.1) is 0 Å². The van der Waals surface area contributed by atoms with E-state index in [0.717, 1.165) is 25.2 Å². The monoisotopic (exact) mass is 256 g/mol. The van der Waals surface area contributed by atoms with Gasteiger partial charge < -0.3 is 15.6 Å². The number of benzene rings is 1. The number of H-pyrrole nitrogens is 1. The molecule has 0 saturated heterocycles. The standard InChI is InChI=1S/C15H20N4/c1-2-12-10-17-15(18-12)14-9-11-5-3-4-6-13(11)19(14)8-7-16/h3-6,10,14H,2,7-9,16H2,1H3,(H,17,18). The van der Waals surface area contributed by atoms with Crippen LogP contribution in [0.3, 0.4) is 0 Å². The fourth-order valence-corrected chi connectivity index (χ4v) is 2.84. The molecule has 1 aliphatic heterocycles. The maximum absolute atomic E-state index is 5.76. The summed E-state index contributed by atoms with van der Waals surface area (Å²) in [6, 6.07) is 8.85. The third-order valence-electron chi connectivity index (χ3n) is 3.81. The second kappa shape index (κ2) is 5.05. The average molecular weight is 256 g/mol. The van der Waals surface area contributed by atoms with Crippen molar-refractivity contribution in [2.45, 2.75) is 25.8 Å². The maximum Gasteiger partial charge on any atom is 0.129 e. The highest BCUT2D eigenvalue weighted by Gasteiger charge is 2.31. The first kappa shape index (κ1) is 12.2. The van der Waals surface area contributed by atoms with Crippen molar-refractivity contribution in [3.05, 3.63) is 47.5 Å². The number of fused-ring (bicyclic) bond motifs is 1. The molecule has 1 atom stereocenters. The normalized spacial score (nSPS) is 17.8. The summed E-state index contributed by atoms with van der Waals surface area (Å²) in [6.07, 6.45) is 3.94. The molecule has 1 aromatic heterocycles. The van der Waals surface area contributed by atoms with Crippen molar-refractivity contribution in [1.82, 2.24) is 9.97 Å². The van der Waals surface area contributed by atoms with E-state index in [9.17, 15) is 0 Å². The Labute approximate surface area is 113 Å². The van der Waals surface area contributed by atoms with Crippen LogP contribution in [0.4, 0.5) is 5.69 Å². The molecule has 0 spiro atoms. The minimum atomic E-state index is 0.293. The van der Waals surface area contributed by atoms with Gasteiger partial charge in [-0.3, -0.25) is 0 Å². The van der Waals surface area contributed by atoms with E-state index < -0.39 is 0 Å². The zero-order valence-corrected chi connectivity index (χ0v) is 11.3. The van der Waals surface area contributed by atoms with E-state index in [0.29, 0.717) is 12.6 Å². The first-order chi connectivity index (χ1) is 9.33. The minimum absolute atomic E-state index is 0.293. The van der Waals surface area contributed by atoms with Crippen LogP contribution in [0.5, 0.6) is 0 Å². The summed E-state index contributed by atoms with van der Waals surface area (Å²) in [4.78, 5) is 10.3. The van der Waals surface area contributed by atoms with Gasteiger partial charge in [-0.1, -0.05) is 25.1 Å².